The molecule has 3 aromatic rings. The minimum atomic E-state index is 0.298. The van der Waals surface area contributed by atoms with Crippen molar-refractivity contribution in [1.29, 1.82) is 0 Å². The van der Waals surface area contributed by atoms with E-state index in [0.717, 1.165) is 41.5 Å². The lowest BCUT2D eigenvalue weighted by molar-refractivity contribution is 0.388. The molecule has 2 heterocycles. The molecule has 0 aliphatic carbocycles. The molecule has 0 aliphatic heterocycles. The van der Waals surface area contributed by atoms with E-state index in [1.807, 2.05) is 36.0 Å². The smallest absolute Gasteiger partial charge is 0.164 e. The summed E-state index contributed by atoms with van der Waals surface area (Å²) in [7, 11) is 1.90. The molecule has 0 spiro atoms. The number of aromatic nitrogens is 4. The lowest BCUT2D eigenvalue weighted by Gasteiger charge is -2.17. The highest BCUT2D eigenvalue weighted by atomic mass is 15.3. The Balaban J connectivity index is 2.03. The van der Waals surface area contributed by atoms with Crippen LogP contribution in [0.4, 0.5) is 11.5 Å². The number of nitrogen functional groups attached to an aromatic ring is 1. The Morgan fingerprint density at radius 3 is 2.72 bits per heavy atom. The van der Waals surface area contributed by atoms with Crippen LogP contribution in [-0.4, -0.2) is 26.8 Å². The molecule has 1 atom stereocenters. The Labute approximate surface area is 172 Å². The summed E-state index contributed by atoms with van der Waals surface area (Å²) in [4.78, 5) is 8.69. The van der Waals surface area contributed by atoms with E-state index in [1.54, 1.807) is 0 Å². The molecule has 1 aromatic carbocycles. The van der Waals surface area contributed by atoms with Gasteiger partial charge in [-0.1, -0.05) is 51.5 Å². The molecule has 0 saturated carbocycles. The number of hydrogen-bond acceptors (Lipinski definition) is 5. The van der Waals surface area contributed by atoms with E-state index in [9.17, 15) is 0 Å². The number of unbranched alkanes of at least 4 members (excludes halogenated alkanes) is 2. The number of fused-ring (bicyclic) bond motifs is 1. The van der Waals surface area contributed by atoms with Crippen LogP contribution in [0.2, 0.25) is 0 Å². The molecular formula is C23H30N6. The van der Waals surface area contributed by atoms with Gasteiger partial charge in [0.1, 0.15) is 17.8 Å². The predicted octanol–water partition coefficient (Wildman–Crippen LogP) is 4.77. The standard InChI is InChI=1S/C23H30N6/c1-4-6-7-12-19(9-5-2)29-23-21(22(24)26-16-27-23)20(28-29)14-13-17-10-8-11-18(15-17)25-3/h8,10-11,15-16,19,25H,4-7,9,12H2,1-3H3,(H2,24,26,27). The van der Waals surface area contributed by atoms with Crippen molar-refractivity contribution in [3.8, 4) is 11.8 Å². The molecule has 3 rings (SSSR count). The van der Waals surface area contributed by atoms with Crippen LogP contribution in [0.3, 0.4) is 0 Å². The highest BCUT2D eigenvalue weighted by Gasteiger charge is 2.20. The quantitative estimate of drug-likeness (QED) is 0.428. The summed E-state index contributed by atoms with van der Waals surface area (Å²) < 4.78 is 2.03. The van der Waals surface area contributed by atoms with Gasteiger partial charge in [0, 0.05) is 18.3 Å². The van der Waals surface area contributed by atoms with Crippen LogP contribution >= 0.6 is 0 Å². The molecule has 0 aliphatic rings. The Morgan fingerprint density at radius 2 is 1.97 bits per heavy atom. The molecule has 1 unspecified atom stereocenters. The Kier molecular flexibility index (Phi) is 7.07. The van der Waals surface area contributed by atoms with Crippen LogP contribution < -0.4 is 11.1 Å². The minimum Gasteiger partial charge on any atom is -0.388 e. The zero-order valence-electron chi connectivity index (χ0n) is 17.6. The molecule has 0 bridgehead atoms. The zero-order chi connectivity index (χ0) is 20.6. The molecule has 152 valence electrons. The normalized spacial score (nSPS) is 11.8. The van der Waals surface area contributed by atoms with Gasteiger partial charge >= 0.3 is 0 Å². The lowest BCUT2D eigenvalue weighted by atomic mass is 10.0. The minimum absolute atomic E-state index is 0.298. The van der Waals surface area contributed by atoms with Gasteiger partial charge in [-0.05, 0) is 37.0 Å². The van der Waals surface area contributed by atoms with Crippen molar-refractivity contribution in [3.63, 3.8) is 0 Å². The van der Waals surface area contributed by atoms with Crippen LogP contribution in [0.1, 0.15) is 69.7 Å². The largest absolute Gasteiger partial charge is 0.388 e. The van der Waals surface area contributed by atoms with Crippen LogP contribution in [-0.2, 0) is 0 Å². The van der Waals surface area contributed by atoms with Crippen molar-refractivity contribution in [3.05, 3.63) is 41.9 Å². The second-order valence-electron chi connectivity index (χ2n) is 7.27. The summed E-state index contributed by atoms with van der Waals surface area (Å²) >= 11 is 0. The van der Waals surface area contributed by atoms with E-state index in [1.165, 1.54) is 25.6 Å². The van der Waals surface area contributed by atoms with Gasteiger partial charge in [-0.3, -0.25) is 0 Å². The molecule has 2 aromatic heterocycles. The van der Waals surface area contributed by atoms with Gasteiger partial charge in [0.15, 0.2) is 5.65 Å². The van der Waals surface area contributed by atoms with Gasteiger partial charge in [0.25, 0.3) is 0 Å². The molecule has 0 amide bonds. The summed E-state index contributed by atoms with van der Waals surface area (Å²) in [6.07, 6.45) is 8.36. The number of rotatable bonds is 8. The number of nitrogens with two attached hydrogens (primary N) is 1. The number of anilines is 2. The fraction of sp³-hybridized carbons (Fsp3) is 0.435. The summed E-state index contributed by atoms with van der Waals surface area (Å²) in [5, 5.41) is 8.74. The second-order valence-corrected chi connectivity index (χ2v) is 7.27. The molecular weight excluding hydrogens is 360 g/mol. The van der Waals surface area contributed by atoms with Crippen molar-refractivity contribution in [1.82, 2.24) is 19.7 Å². The van der Waals surface area contributed by atoms with E-state index in [0.29, 0.717) is 17.6 Å². The summed E-state index contributed by atoms with van der Waals surface area (Å²) in [6, 6.07) is 8.28. The molecule has 0 saturated heterocycles. The number of hydrogen-bond donors (Lipinski definition) is 2. The van der Waals surface area contributed by atoms with Crippen molar-refractivity contribution < 1.29 is 0 Å². The molecule has 0 radical (unpaired) electrons. The van der Waals surface area contributed by atoms with Gasteiger partial charge in [0.2, 0.25) is 0 Å². The SMILES string of the molecule is CCCCCC(CCC)n1nc(C#Cc2cccc(NC)c2)c2c(N)ncnc21. The maximum absolute atomic E-state index is 6.20. The highest BCUT2D eigenvalue weighted by molar-refractivity contribution is 5.90. The van der Waals surface area contributed by atoms with E-state index >= 15 is 0 Å². The first-order chi connectivity index (χ1) is 14.2. The van der Waals surface area contributed by atoms with E-state index in [-0.39, 0.29) is 0 Å². The van der Waals surface area contributed by atoms with Gasteiger partial charge in [0.05, 0.1) is 11.4 Å². The second kappa shape index (κ2) is 9.92. The lowest BCUT2D eigenvalue weighted by Crippen LogP contribution is -2.11. The molecule has 0 fully saturated rings. The fourth-order valence-electron chi connectivity index (χ4n) is 3.57. The Morgan fingerprint density at radius 1 is 1.10 bits per heavy atom. The molecule has 6 heteroatoms. The van der Waals surface area contributed by atoms with Gasteiger partial charge < -0.3 is 11.1 Å². The zero-order valence-corrected chi connectivity index (χ0v) is 17.6. The third-order valence-corrected chi connectivity index (χ3v) is 5.10. The molecule has 3 N–H and O–H groups in total. The van der Waals surface area contributed by atoms with Crippen molar-refractivity contribution in [2.24, 2.45) is 0 Å². The third kappa shape index (κ3) is 4.86. The topological polar surface area (TPSA) is 81.7 Å². The van der Waals surface area contributed by atoms with Crippen LogP contribution in [0.15, 0.2) is 30.6 Å². The van der Waals surface area contributed by atoms with Crippen molar-refractivity contribution in [2.45, 2.75) is 58.4 Å². The molecule has 6 nitrogen and oxygen atoms in total. The summed E-state index contributed by atoms with van der Waals surface area (Å²) in [5.41, 5.74) is 9.56. The summed E-state index contributed by atoms with van der Waals surface area (Å²) in [6.45, 7) is 4.43. The predicted molar refractivity (Wildman–Crippen MR) is 120 cm³/mol. The number of benzene rings is 1. The van der Waals surface area contributed by atoms with Crippen molar-refractivity contribution >= 4 is 22.5 Å². The first kappa shape index (κ1) is 20.7. The summed E-state index contributed by atoms with van der Waals surface area (Å²) in [5.74, 6) is 6.85. The van der Waals surface area contributed by atoms with Gasteiger partial charge in [-0.25, -0.2) is 14.6 Å². The fourth-order valence-corrected chi connectivity index (χ4v) is 3.57. The van der Waals surface area contributed by atoms with E-state index in [2.05, 4.69) is 41.0 Å². The van der Waals surface area contributed by atoms with Crippen LogP contribution in [0, 0.1) is 11.8 Å². The van der Waals surface area contributed by atoms with E-state index < -0.39 is 0 Å². The maximum atomic E-state index is 6.20. The first-order valence-electron chi connectivity index (χ1n) is 10.5. The van der Waals surface area contributed by atoms with E-state index in [4.69, 9.17) is 10.8 Å². The molecule has 29 heavy (non-hydrogen) atoms. The van der Waals surface area contributed by atoms with Gasteiger partial charge in [-0.15, -0.1) is 0 Å². The monoisotopic (exact) mass is 390 g/mol. The highest BCUT2D eigenvalue weighted by Crippen LogP contribution is 2.28. The van der Waals surface area contributed by atoms with Crippen molar-refractivity contribution in [2.75, 3.05) is 18.1 Å². The average molecular weight is 391 g/mol. The maximum Gasteiger partial charge on any atom is 0.164 e. The third-order valence-electron chi connectivity index (χ3n) is 5.10. The number of nitrogens with one attached hydrogen (secondary N) is 1. The first-order valence-corrected chi connectivity index (χ1v) is 10.5. The Hall–Kier alpha value is -3.07. The van der Waals surface area contributed by atoms with Crippen LogP contribution in [0.25, 0.3) is 11.0 Å². The number of nitrogens with zero attached hydrogens (tertiary/aromatic N) is 4. The van der Waals surface area contributed by atoms with Crippen LogP contribution in [0.5, 0.6) is 0 Å². The average Bonchev–Trinajstić information content (AvgIpc) is 3.12. The Bertz CT molecular complexity index is 1010. The van der Waals surface area contributed by atoms with Gasteiger partial charge in [-0.2, -0.15) is 5.10 Å².